The summed E-state index contributed by atoms with van der Waals surface area (Å²) in [5.41, 5.74) is 0. The summed E-state index contributed by atoms with van der Waals surface area (Å²) in [5.74, 6) is -1.33. The van der Waals surface area contributed by atoms with E-state index < -0.39 is 18.1 Å². The number of carboxylic acid groups (broad SMARTS) is 1. The number of isocyanates is 1. The average molecular weight is 145 g/mol. The largest absolute Gasteiger partial charge is 0.480 e. The Morgan fingerprint density at radius 3 is 2.30 bits per heavy atom. The summed E-state index contributed by atoms with van der Waals surface area (Å²) in [7, 11) is 0. The second-order valence-corrected chi connectivity index (χ2v) is 1.74. The number of nitrogens with zero attached hydrogens (tertiary/aromatic N) is 1. The molecule has 0 spiro atoms. The van der Waals surface area contributed by atoms with Gasteiger partial charge in [-0.3, -0.25) is 0 Å². The van der Waals surface area contributed by atoms with Crippen molar-refractivity contribution in [1.29, 1.82) is 0 Å². The van der Waals surface area contributed by atoms with Gasteiger partial charge in [0.05, 0.1) is 6.10 Å². The highest BCUT2D eigenvalue weighted by atomic mass is 16.4. The van der Waals surface area contributed by atoms with Gasteiger partial charge in [0.15, 0.2) is 6.04 Å². The molecule has 0 aromatic carbocycles. The first-order chi connectivity index (χ1) is 4.59. The molecular weight excluding hydrogens is 138 g/mol. The molecule has 0 unspecified atom stereocenters. The van der Waals surface area contributed by atoms with Gasteiger partial charge in [-0.2, -0.15) is 4.99 Å². The van der Waals surface area contributed by atoms with Gasteiger partial charge in [0.2, 0.25) is 6.08 Å². The standard InChI is InChI=1S/C5H7NO4/c1-3(8)4(5(9)10)6-2-7/h3-4,8H,1H3,(H,9,10)/t3-,4+/m1/s1. The fourth-order valence-corrected chi connectivity index (χ4v) is 0.426. The molecule has 0 aliphatic rings. The molecule has 56 valence electrons. The third-order valence-electron chi connectivity index (χ3n) is 0.902. The molecule has 0 saturated carbocycles. The van der Waals surface area contributed by atoms with Crippen molar-refractivity contribution in [2.24, 2.45) is 4.99 Å². The summed E-state index contributed by atoms with van der Waals surface area (Å²) in [6.45, 7) is 1.24. The molecule has 0 rings (SSSR count). The molecule has 2 atom stereocenters. The number of carboxylic acids is 1. The fourth-order valence-electron chi connectivity index (χ4n) is 0.426. The predicted molar refractivity (Wildman–Crippen MR) is 31.2 cm³/mol. The van der Waals surface area contributed by atoms with Crippen molar-refractivity contribution in [2.45, 2.75) is 19.1 Å². The minimum Gasteiger partial charge on any atom is -0.480 e. The van der Waals surface area contributed by atoms with Crippen LogP contribution in [-0.2, 0) is 9.59 Å². The van der Waals surface area contributed by atoms with Gasteiger partial charge in [-0.05, 0) is 6.92 Å². The summed E-state index contributed by atoms with van der Waals surface area (Å²) in [4.78, 5) is 22.5. The van der Waals surface area contributed by atoms with E-state index in [4.69, 9.17) is 10.2 Å². The van der Waals surface area contributed by atoms with Gasteiger partial charge >= 0.3 is 5.97 Å². The van der Waals surface area contributed by atoms with Crippen LogP contribution in [0.2, 0.25) is 0 Å². The van der Waals surface area contributed by atoms with Gasteiger partial charge in [-0.15, -0.1) is 0 Å². The minimum absolute atomic E-state index is 1.06. The third kappa shape index (κ3) is 2.39. The molecular formula is C5H7NO4. The zero-order valence-electron chi connectivity index (χ0n) is 5.31. The van der Waals surface area contributed by atoms with Crippen LogP contribution in [0.15, 0.2) is 4.99 Å². The number of carbonyl (C=O) groups excluding carboxylic acids is 1. The smallest absolute Gasteiger partial charge is 0.332 e. The first-order valence-electron chi connectivity index (χ1n) is 2.57. The first kappa shape index (κ1) is 8.81. The molecule has 10 heavy (non-hydrogen) atoms. The van der Waals surface area contributed by atoms with Gasteiger partial charge in [-0.25, -0.2) is 9.59 Å². The Balaban J connectivity index is 4.26. The number of hydrogen-bond donors (Lipinski definition) is 2. The Labute approximate surface area is 57.0 Å². The first-order valence-corrected chi connectivity index (χ1v) is 2.57. The molecule has 0 amide bonds. The molecule has 0 heterocycles. The van der Waals surface area contributed by atoms with Crippen LogP contribution in [0.4, 0.5) is 0 Å². The maximum Gasteiger partial charge on any atom is 0.332 e. The number of rotatable bonds is 3. The average Bonchev–Trinajstić information content (AvgIpc) is 1.81. The summed E-state index contributed by atoms with van der Waals surface area (Å²) in [6.07, 6.45) is -0.103. The van der Waals surface area contributed by atoms with E-state index in [1.54, 1.807) is 0 Å². The van der Waals surface area contributed by atoms with Crippen molar-refractivity contribution in [3.8, 4) is 0 Å². The summed E-state index contributed by atoms with van der Waals surface area (Å²) < 4.78 is 0. The van der Waals surface area contributed by atoms with Crippen LogP contribution in [0, 0.1) is 0 Å². The van der Waals surface area contributed by atoms with E-state index >= 15 is 0 Å². The minimum atomic E-state index is -1.39. The fraction of sp³-hybridized carbons (Fsp3) is 0.600. The lowest BCUT2D eigenvalue weighted by Crippen LogP contribution is -2.29. The lowest BCUT2D eigenvalue weighted by Gasteiger charge is -2.06. The van der Waals surface area contributed by atoms with Crippen LogP contribution in [0.3, 0.4) is 0 Å². The maximum atomic E-state index is 10.1. The monoisotopic (exact) mass is 145 g/mol. The highest BCUT2D eigenvalue weighted by Gasteiger charge is 2.21. The summed E-state index contributed by atoms with van der Waals surface area (Å²) >= 11 is 0. The maximum absolute atomic E-state index is 10.1. The molecule has 0 aliphatic carbocycles. The highest BCUT2D eigenvalue weighted by Crippen LogP contribution is 1.96. The Morgan fingerprint density at radius 2 is 2.20 bits per heavy atom. The van der Waals surface area contributed by atoms with Crippen LogP contribution in [0.25, 0.3) is 0 Å². The number of aliphatic hydroxyl groups is 1. The van der Waals surface area contributed by atoms with Crippen LogP contribution in [0.1, 0.15) is 6.92 Å². The SMILES string of the molecule is C[C@@H](O)[C@H](N=C=O)C(=O)O. The van der Waals surface area contributed by atoms with E-state index in [2.05, 4.69) is 4.99 Å². The van der Waals surface area contributed by atoms with Crippen molar-refractivity contribution in [3.05, 3.63) is 0 Å². The molecule has 5 nitrogen and oxygen atoms in total. The number of aliphatic hydroxyl groups excluding tert-OH is 1. The van der Waals surface area contributed by atoms with E-state index in [-0.39, 0.29) is 0 Å². The summed E-state index contributed by atoms with van der Waals surface area (Å²) in [5, 5.41) is 16.9. The van der Waals surface area contributed by atoms with Crippen LogP contribution < -0.4 is 0 Å². The van der Waals surface area contributed by atoms with E-state index in [1.165, 1.54) is 6.92 Å². The Kier molecular flexibility index (Phi) is 3.32. The Hall–Kier alpha value is -1.19. The van der Waals surface area contributed by atoms with Gasteiger partial charge in [-0.1, -0.05) is 0 Å². The molecule has 0 aromatic heterocycles. The van der Waals surface area contributed by atoms with Crippen molar-refractivity contribution >= 4 is 12.0 Å². The van der Waals surface area contributed by atoms with Gasteiger partial charge in [0, 0.05) is 0 Å². The lowest BCUT2D eigenvalue weighted by molar-refractivity contribution is -0.140. The molecule has 0 fully saturated rings. The molecule has 2 N–H and O–H groups in total. The normalized spacial score (nSPS) is 15.0. The van der Waals surface area contributed by atoms with E-state index in [0.717, 1.165) is 6.08 Å². The van der Waals surface area contributed by atoms with Crippen LogP contribution >= 0.6 is 0 Å². The van der Waals surface area contributed by atoms with Crippen molar-refractivity contribution in [1.82, 2.24) is 0 Å². The van der Waals surface area contributed by atoms with E-state index in [1.807, 2.05) is 0 Å². The Bertz CT molecular complexity index is 168. The number of carbonyl (C=O) groups is 1. The molecule has 0 bridgehead atoms. The zero-order chi connectivity index (χ0) is 8.15. The lowest BCUT2D eigenvalue weighted by atomic mass is 10.2. The van der Waals surface area contributed by atoms with Crippen molar-refractivity contribution < 1.29 is 19.8 Å². The molecule has 0 aromatic rings. The third-order valence-corrected chi connectivity index (χ3v) is 0.902. The second-order valence-electron chi connectivity index (χ2n) is 1.74. The van der Waals surface area contributed by atoms with E-state index in [9.17, 15) is 9.59 Å². The quantitative estimate of drug-likeness (QED) is 0.400. The molecule has 5 heteroatoms. The van der Waals surface area contributed by atoms with Crippen LogP contribution in [0.5, 0.6) is 0 Å². The van der Waals surface area contributed by atoms with Gasteiger partial charge in [0.25, 0.3) is 0 Å². The second kappa shape index (κ2) is 3.76. The van der Waals surface area contributed by atoms with Crippen LogP contribution in [-0.4, -0.2) is 34.4 Å². The van der Waals surface area contributed by atoms with Crippen molar-refractivity contribution in [3.63, 3.8) is 0 Å². The number of hydrogen-bond acceptors (Lipinski definition) is 4. The van der Waals surface area contributed by atoms with Gasteiger partial charge < -0.3 is 10.2 Å². The molecule has 0 saturated heterocycles. The van der Waals surface area contributed by atoms with Gasteiger partial charge in [0.1, 0.15) is 0 Å². The number of aliphatic carboxylic acids is 1. The molecule has 0 aliphatic heterocycles. The van der Waals surface area contributed by atoms with E-state index in [0.29, 0.717) is 0 Å². The highest BCUT2D eigenvalue weighted by molar-refractivity contribution is 5.75. The molecule has 0 radical (unpaired) electrons. The van der Waals surface area contributed by atoms with Crippen molar-refractivity contribution in [2.75, 3.05) is 0 Å². The topological polar surface area (TPSA) is 87.0 Å². The number of aliphatic imine (C=N–C) groups is 1. The predicted octanol–water partition coefficient (Wildman–Crippen LogP) is -0.844. The Morgan fingerprint density at radius 1 is 1.70 bits per heavy atom. The zero-order valence-corrected chi connectivity index (χ0v) is 5.31. The summed E-state index contributed by atoms with van der Waals surface area (Å²) in [6, 6.07) is -1.39.